The van der Waals surface area contributed by atoms with E-state index in [4.69, 9.17) is 28.3 Å². The van der Waals surface area contributed by atoms with E-state index < -0.39 is 12.0 Å². The van der Waals surface area contributed by atoms with E-state index in [9.17, 15) is 9.59 Å². The molecule has 0 aromatic heterocycles. The van der Waals surface area contributed by atoms with Gasteiger partial charge in [-0.1, -0.05) is 23.2 Å². The van der Waals surface area contributed by atoms with E-state index in [-0.39, 0.29) is 17.7 Å². The van der Waals surface area contributed by atoms with Crippen LogP contribution >= 0.6 is 23.2 Å². The number of carboxylic acid groups (broad SMARTS) is 1. The van der Waals surface area contributed by atoms with E-state index in [1.54, 1.807) is 6.07 Å². The summed E-state index contributed by atoms with van der Waals surface area (Å²) in [6.45, 7) is 0.537. The number of nitrogens with zero attached hydrogens (tertiary/aromatic N) is 1. The molecule has 3 rings (SSSR count). The van der Waals surface area contributed by atoms with Crippen molar-refractivity contribution in [3.8, 4) is 0 Å². The van der Waals surface area contributed by atoms with Gasteiger partial charge in [0.15, 0.2) is 0 Å². The standard InChI is InChI=1S/C15H15Cl2NO3/c16-9-4-8(5-10(17)6-9)11-7-12(11)14(19)18-3-1-2-13(18)15(20)21/h4-6,11-13H,1-3,7H2,(H,20,21)/t11?,12?,13-/m1/s1. The highest BCUT2D eigenvalue weighted by molar-refractivity contribution is 6.34. The zero-order chi connectivity index (χ0) is 15.1. The second-order valence-electron chi connectivity index (χ2n) is 5.68. The number of halogens is 2. The number of hydrogen-bond donors (Lipinski definition) is 1. The molecule has 1 saturated heterocycles. The Kier molecular flexibility index (Phi) is 3.84. The minimum absolute atomic E-state index is 0.0546. The Balaban J connectivity index is 1.72. The average molecular weight is 328 g/mol. The first-order chi connectivity index (χ1) is 9.97. The lowest BCUT2D eigenvalue weighted by Crippen LogP contribution is -2.41. The minimum Gasteiger partial charge on any atom is -0.480 e. The fourth-order valence-corrected chi connectivity index (χ4v) is 3.67. The zero-order valence-electron chi connectivity index (χ0n) is 11.3. The maximum Gasteiger partial charge on any atom is 0.326 e. The molecule has 0 radical (unpaired) electrons. The molecule has 1 aromatic rings. The number of carbonyl (C=O) groups excluding carboxylic acids is 1. The second-order valence-corrected chi connectivity index (χ2v) is 6.55. The second kappa shape index (κ2) is 5.50. The third-order valence-electron chi connectivity index (χ3n) is 4.24. The van der Waals surface area contributed by atoms with Crippen LogP contribution in [0.1, 0.15) is 30.7 Å². The Morgan fingerprint density at radius 2 is 1.86 bits per heavy atom. The number of amides is 1. The summed E-state index contributed by atoms with van der Waals surface area (Å²) in [5.41, 5.74) is 0.955. The monoisotopic (exact) mass is 327 g/mol. The highest BCUT2D eigenvalue weighted by atomic mass is 35.5. The van der Waals surface area contributed by atoms with Gasteiger partial charge in [0.25, 0.3) is 0 Å². The first-order valence-electron chi connectivity index (χ1n) is 6.96. The molecule has 1 aromatic carbocycles. The zero-order valence-corrected chi connectivity index (χ0v) is 12.8. The van der Waals surface area contributed by atoms with E-state index in [0.29, 0.717) is 23.0 Å². The maximum absolute atomic E-state index is 12.5. The lowest BCUT2D eigenvalue weighted by Gasteiger charge is -2.21. The third-order valence-corrected chi connectivity index (χ3v) is 4.68. The first kappa shape index (κ1) is 14.7. The van der Waals surface area contributed by atoms with E-state index in [0.717, 1.165) is 18.4 Å². The van der Waals surface area contributed by atoms with Crippen molar-refractivity contribution in [1.29, 1.82) is 0 Å². The van der Waals surface area contributed by atoms with Crippen LogP contribution in [-0.2, 0) is 9.59 Å². The largest absolute Gasteiger partial charge is 0.480 e. The molecule has 112 valence electrons. The van der Waals surface area contributed by atoms with Crippen LogP contribution in [0.4, 0.5) is 0 Å². The minimum atomic E-state index is -0.913. The topological polar surface area (TPSA) is 57.6 Å². The van der Waals surface area contributed by atoms with Crippen LogP contribution in [0.15, 0.2) is 18.2 Å². The lowest BCUT2D eigenvalue weighted by molar-refractivity contribution is -0.148. The molecule has 3 atom stereocenters. The smallest absolute Gasteiger partial charge is 0.326 e. The van der Waals surface area contributed by atoms with Gasteiger partial charge in [0.1, 0.15) is 6.04 Å². The Morgan fingerprint density at radius 1 is 1.19 bits per heavy atom. The van der Waals surface area contributed by atoms with E-state index in [2.05, 4.69) is 0 Å². The molecule has 4 nitrogen and oxygen atoms in total. The van der Waals surface area contributed by atoms with Gasteiger partial charge in [-0.2, -0.15) is 0 Å². The highest BCUT2D eigenvalue weighted by Crippen LogP contribution is 2.50. The summed E-state index contributed by atoms with van der Waals surface area (Å²) < 4.78 is 0. The van der Waals surface area contributed by atoms with Gasteiger partial charge in [0.05, 0.1) is 0 Å². The fraction of sp³-hybridized carbons (Fsp3) is 0.467. The summed E-state index contributed by atoms with van der Waals surface area (Å²) in [7, 11) is 0. The summed E-state index contributed by atoms with van der Waals surface area (Å²) >= 11 is 12.0. The van der Waals surface area contributed by atoms with Gasteiger partial charge in [-0.05, 0) is 48.9 Å². The number of hydrogen-bond acceptors (Lipinski definition) is 2. The number of carboxylic acids is 1. The molecule has 2 aliphatic rings. The Bertz CT molecular complexity index is 584. The van der Waals surface area contributed by atoms with Crippen LogP contribution < -0.4 is 0 Å². The molecule has 1 amide bonds. The quantitative estimate of drug-likeness (QED) is 0.927. The number of likely N-dealkylation sites (tertiary alicyclic amines) is 1. The van der Waals surface area contributed by atoms with Crippen LogP contribution in [0, 0.1) is 5.92 Å². The number of rotatable bonds is 3. The van der Waals surface area contributed by atoms with Crippen molar-refractivity contribution in [2.45, 2.75) is 31.2 Å². The van der Waals surface area contributed by atoms with Gasteiger partial charge in [0.2, 0.25) is 5.91 Å². The van der Waals surface area contributed by atoms with Crippen molar-refractivity contribution in [2.24, 2.45) is 5.92 Å². The summed E-state index contributed by atoms with van der Waals surface area (Å²) in [6.07, 6.45) is 2.03. The van der Waals surface area contributed by atoms with Crippen molar-refractivity contribution in [1.82, 2.24) is 4.90 Å². The molecule has 1 heterocycles. The summed E-state index contributed by atoms with van der Waals surface area (Å²) in [5, 5.41) is 10.3. The molecule has 1 saturated carbocycles. The van der Waals surface area contributed by atoms with Gasteiger partial charge < -0.3 is 10.0 Å². The van der Waals surface area contributed by atoms with Crippen LogP contribution in [0.2, 0.25) is 10.0 Å². The number of carbonyl (C=O) groups is 2. The maximum atomic E-state index is 12.5. The molecule has 0 bridgehead atoms. The van der Waals surface area contributed by atoms with Gasteiger partial charge >= 0.3 is 5.97 Å². The summed E-state index contributed by atoms with van der Waals surface area (Å²) in [5.74, 6) is -1.01. The SMILES string of the molecule is O=C(O)[C@H]1CCCN1C(=O)C1CC1c1cc(Cl)cc(Cl)c1. The molecule has 0 spiro atoms. The van der Waals surface area contributed by atoms with E-state index >= 15 is 0 Å². The van der Waals surface area contributed by atoms with Crippen LogP contribution in [0.3, 0.4) is 0 Å². The van der Waals surface area contributed by atoms with E-state index in [1.165, 1.54) is 4.90 Å². The molecule has 6 heteroatoms. The summed E-state index contributed by atoms with van der Waals surface area (Å²) in [4.78, 5) is 25.2. The number of aliphatic carboxylic acids is 1. The van der Waals surface area contributed by atoms with Gasteiger partial charge in [-0.3, -0.25) is 4.79 Å². The predicted molar refractivity (Wildman–Crippen MR) is 79.7 cm³/mol. The molecule has 1 aliphatic heterocycles. The Morgan fingerprint density at radius 3 is 2.48 bits per heavy atom. The molecular formula is C15H15Cl2NO3. The fourth-order valence-electron chi connectivity index (χ4n) is 3.13. The lowest BCUT2D eigenvalue weighted by atomic mass is 10.1. The number of benzene rings is 1. The Labute approximate surface area is 132 Å². The molecular weight excluding hydrogens is 313 g/mol. The predicted octanol–water partition coefficient (Wildman–Crippen LogP) is 3.17. The van der Waals surface area contributed by atoms with E-state index in [1.807, 2.05) is 12.1 Å². The van der Waals surface area contributed by atoms with Crippen molar-refractivity contribution >= 4 is 35.1 Å². The van der Waals surface area contributed by atoms with Crippen molar-refractivity contribution in [3.05, 3.63) is 33.8 Å². The molecule has 1 aliphatic carbocycles. The van der Waals surface area contributed by atoms with Crippen LogP contribution in [0.25, 0.3) is 0 Å². The normalized spacial score (nSPS) is 27.7. The Hall–Kier alpha value is -1.26. The van der Waals surface area contributed by atoms with Crippen molar-refractivity contribution < 1.29 is 14.7 Å². The van der Waals surface area contributed by atoms with Crippen LogP contribution in [0.5, 0.6) is 0 Å². The van der Waals surface area contributed by atoms with Crippen molar-refractivity contribution in [2.75, 3.05) is 6.54 Å². The highest BCUT2D eigenvalue weighted by Gasteiger charge is 2.48. The molecule has 2 unspecified atom stereocenters. The first-order valence-corrected chi connectivity index (χ1v) is 7.72. The van der Waals surface area contributed by atoms with Crippen LogP contribution in [-0.4, -0.2) is 34.5 Å². The van der Waals surface area contributed by atoms with Gasteiger partial charge in [0, 0.05) is 22.5 Å². The van der Waals surface area contributed by atoms with Crippen molar-refractivity contribution in [3.63, 3.8) is 0 Å². The van der Waals surface area contributed by atoms with Gasteiger partial charge in [-0.25, -0.2) is 4.79 Å². The average Bonchev–Trinajstić information content (AvgIpc) is 3.05. The summed E-state index contributed by atoms with van der Waals surface area (Å²) in [6, 6.07) is 4.64. The molecule has 21 heavy (non-hydrogen) atoms. The van der Waals surface area contributed by atoms with Gasteiger partial charge in [-0.15, -0.1) is 0 Å². The third kappa shape index (κ3) is 2.87. The molecule has 1 N–H and O–H groups in total. The molecule has 2 fully saturated rings.